The number of aromatic nitrogens is 1. The van der Waals surface area contributed by atoms with E-state index in [1.807, 2.05) is 52.0 Å². The molecule has 0 radical (unpaired) electrons. The topological polar surface area (TPSA) is 93.1 Å². The third-order valence-electron chi connectivity index (χ3n) is 8.36. The van der Waals surface area contributed by atoms with Gasteiger partial charge in [-0.1, -0.05) is 38.1 Å². The summed E-state index contributed by atoms with van der Waals surface area (Å²) in [6.07, 6.45) is 1.42. The fraction of sp³-hybridized carbons (Fsp3) is 0.514. The molecule has 0 bridgehead atoms. The minimum absolute atomic E-state index is 0.199. The van der Waals surface area contributed by atoms with Crippen molar-refractivity contribution in [2.24, 2.45) is 5.41 Å². The van der Waals surface area contributed by atoms with E-state index >= 15 is 0 Å². The molecule has 1 aliphatic heterocycles. The second-order valence-electron chi connectivity index (χ2n) is 13.8. The molecule has 2 heterocycles. The van der Waals surface area contributed by atoms with Gasteiger partial charge in [-0.2, -0.15) is 0 Å². The van der Waals surface area contributed by atoms with Gasteiger partial charge in [-0.25, -0.2) is 9.18 Å². The molecule has 1 atom stereocenters. The molecule has 2 N–H and O–H groups in total. The lowest BCUT2D eigenvalue weighted by molar-refractivity contribution is -0.160. The Labute approximate surface area is 273 Å². The summed E-state index contributed by atoms with van der Waals surface area (Å²) in [5.41, 5.74) is 5.27. The zero-order chi connectivity index (χ0) is 33.5. The summed E-state index contributed by atoms with van der Waals surface area (Å²) in [6.45, 7) is 15.8. The summed E-state index contributed by atoms with van der Waals surface area (Å²) >= 11 is 0. The number of benzene rings is 2. The van der Waals surface area contributed by atoms with E-state index < -0.39 is 17.7 Å². The molecule has 46 heavy (non-hydrogen) atoms. The first-order chi connectivity index (χ1) is 21.8. The maximum Gasteiger partial charge on any atom is 0.337 e. The highest BCUT2D eigenvalue weighted by molar-refractivity contribution is 5.88. The van der Waals surface area contributed by atoms with Crippen molar-refractivity contribution in [3.05, 3.63) is 76.9 Å². The van der Waals surface area contributed by atoms with Crippen LogP contribution in [0.25, 0.3) is 11.1 Å². The molecule has 0 amide bonds. The lowest BCUT2D eigenvalue weighted by atomic mass is 9.81. The minimum Gasteiger partial charge on any atom is -0.493 e. The second kappa shape index (κ2) is 15.4. The lowest BCUT2D eigenvalue weighted by Crippen LogP contribution is -2.39. The SMILES string of the molecule is COCCNCc1nc(C)c(C(OC(C)(C)C)C(=O)O)c(N2CCC(C)(C)CC2)c1-c1ccc(OCCc2ccc(F)cc2)cc1. The van der Waals surface area contributed by atoms with Crippen molar-refractivity contribution in [3.8, 4) is 16.9 Å². The number of nitrogens with zero attached hydrogens (tertiary/aromatic N) is 2. The summed E-state index contributed by atoms with van der Waals surface area (Å²) in [5.74, 6) is -0.582. The monoisotopic (exact) mass is 635 g/mol. The maximum atomic E-state index is 13.3. The van der Waals surface area contributed by atoms with Crippen molar-refractivity contribution in [1.82, 2.24) is 10.3 Å². The zero-order valence-corrected chi connectivity index (χ0v) is 28.4. The first-order valence-corrected chi connectivity index (χ1v) is 16.1. The number of piperidine rings is 1. The van der Waals surface area contributed by atoms with E-state index in [9.17, 15) is 14.3 Å². The number of nitrogens with one attached hydrogen (secondary N) is 1. The Morgan fingerprint density at radius 3 is 2.30 bits per heavy atom. The number of hydrogen-bond acceptors (Lipinski definition) is 7. The third kappa shape index (κ3) is 9.50. The summed E-state index contributed by atoms with van der Waals surface area (Å²) < 4.78 is 30.8. The molecule has 1 aromatic heterocycles. The van der Waals surface area contributed by atoms with E-state index in [2.05, 4.69) is 24.1 Å². The number of ether oxygens (including phenoxy) is 3. The molecule has 0 saturated carbocycles. The van der Waals surface area contributed by atoms with Crippen LogP contribution in [0.1, 0.15) is 76.1 Å². The molecular formula is C37H50FN3O5. The van der Waals surface area contributed by atoms with Crippen LogP contribution < -0.4 is 15.0 Å². The Kier molecular flexibility index (Phi) is 11.8. The molecule has 2 aromatic carbocycles. The molecule has 0 spiro atoms. The van der Waals surface area contributed by atoms with Crippen molar-refractivity contribution in [3.63, 3.8) is 0 Å². The molecule has 0 aliphatic carbocycles. The van der Waals surface area contributed by atoms with Crippen LogP contribution >= 0.6 is 0 Å². The summed E-state index contributed by atoms with van der Waals surface area (Å²) in [6, 6.07) is 14.3. The average molecular weight is 636 g/mol. The Bertz CT molecular complexity index is 1440. The number of methoxy groups -OCH3 is 1. The molecule has 1 fully saturated rings. The first-order valence-electron chi connectivity index (χ1n) is 16.1. The number of anilines is 1. The van der Waals surface area contributed by atoms with Gasteiger partial charge in [0.2, 0.25) is 0 Å². The molecule has 3 aromatic rings. The predicted molar refractivity (Wildman–Crippen MR) is 180 cm³/mol. The van der Waals surface area contributed by atoms with Gasteiger partial charge in [0.25, 0.3) is 0 Å². The Morgan fingerprint density at radius 2 is 1.72 bits per heavy atom. The van der Waals surface area contributed by atoms with Crippen molar-refractivity contribution in [2.75, 3.05) is 44.9 Å². The van der Waals surface area contributed by atoms with Gasteiger partial charge in [0, 0.05) is 56.5 Å². The van der Waals surface area contributed by atoms with Crippen molar-refractivity contribution >= 4 is 11.7 Å². The largest absolute Gasteiger partial charge is 0.493 e. The summed E-state index contributed by atoms with van der Waals surface area (Å²) in [7, 11) is 1.67. The van der Waals surface area contributed by atoms with E-state index in [-0.39, 0.29) is 11.2 Å². The van der Waals surface area contributed by atoms with Gasteiger partial charge in [-0.05, 0) is 81.3 Å². The van der Waals surface area contributed by atoms with E-state index in [0.29, 0.717) is 49.7 Å². The molecule has 8 nitrogen and oxygen atoms in total. The number of halogens is 1. The van der Waals surface area contributed by atoms with Gasteiger partial charge in [0.15, 0.2) is 6.10 Å². The zero-order valence-electron chi connectivity index (χ0n) is 28.4. The number of carboxylic acids is 1. The standard InChI is InChI=1S/C37H50FN3O5/c1-25-31(34(35(42)43)46-36(2,3)4)33(41-20-17-37(5,6)18-21-41)32(30(40-25)24-39-19-23-44-7)27-10-14-29(15-11-27)45-22-16-26-8-12-28(38)13-9-26/h8-15,34,39H,16-24H2,1-7H3,(H,42,43). The minimum atomic E-state index is -1.19. The first kappa shape index (κ1) is 35.3. The van der Waals surface area contributed by atoms with Crippen LogP contribution in [0.2, 0.25) is 0 Å². The molecule has 1 saturated heterocycles. The molecule has 4 rings (SSSR count). The van der Waals surface area contributed by atoms with Gasteiger partial charge >= 0.3 is 5.97 Å². The highest BCUT2D eigenvalue weighted by Crippen LogP contribution is 2.45. The number of rotatable bonds is 14. The molecular weight excluding hydrogens is 585 g/mol. The van der Waals surface area contributed by atoms with Gasteiger partial charge in [0.05, 0.1) is 30.2 Å². The van der Waals surface area contributed by atoms with Crippen LogP contribution in [-0.4, -0.2) is 61.6 Å². The van der Waals surface area contributed by atoms with Gasteiger partial charge < -0.3 is 29.5 Å². The highest BCUT2D eigenvalue weighted by atomic mass is 19.1. The van der Waals surface area contributed by atoms with Crippen LogP contribution in [0, 0.1) is 18.2 Å². The number of pyridine rings is 1. The highest BCUT2D eigenvalue weighted by Gasteiger charge is 2.37. The van der Waals surface area contributed by atoms with Crippen LogP contribution in [0.3, 0.4) is 0 Å². The molecule has 1 aliphatic rings. The summed E-state index contributed by atoms with van der Waals surface area (Å²) in [5, 5.41) is 14.0. The Morgan fingerprint density at radius 1 is 1.07 bits per heavy atom. The molecule has 1 unspecified atom stereocenters. The quantitative estimate of drug-likeness (QED) is 0.181. The summed E-state index contributed by atoms with van der Waals surface area (Å²) in [4.78, 5) is 20.3. The van der Waals surface area contributed by atoms with E-state index in [0.717, 1.165) is 54.0 Å². The van der Waals surface area contributed by atoms with Gasteiger partial charge in [0.1, 0.15) is 11.6 Å². The van der Waals surface area contributed by atoms with Crippen LogP contribution in [-0.2, 0) is 27.2 Å². The fourth-order valence-electron chi connectivity index (χ4n) is 5.79. The number of aryl methyl sites for hydroxylation is 1. The van der Waals surface area contributed by atoms with E-state index in [1.165, 1.54) is 12.1 Å². The normalized spacial score (nSPS) is 15.5. The fourth-order valence-corrected chi connectivity index (χ4v) is 5.79. The van der Waals surface area contributed by atoms with Crippen molar-refractivity contribution in [1.29, 1.82) is 0 Å². The average Bonchev–Trinajstić information content (AvgIpc) is 2.99. The number of carboxylic acid groups (broad SMARTS) is 1. The van der Waals surface area contributed by atoms with E-state index in [4.69, 9.17) is 19.2 Å². The van der Waals surface area contributed by atoms with Gasteiger partial charge in [-0.3, -0.25) is 4.98 Å². The Balaban J connectivity index is 1.79. The second-order valence-corrected chi connectivity index (χ2v) is 13.8. The third-order valence-corrected chi connectivity index (χ3v) is 8.36. The number of carbonyl (C=O) groups is 1. The number of aliphatic carboxylic acids is 1. The molecule has 9 heteroatoms. The van der Waals surface area contributed by atoms with Crippen LogP contribution in [0.5, 0.6) is 5.75 Å². The van der Waals surface area contributed by atoms with Crippen LogP contribution in [0.4, 0.5) is 10.1 Å². The van der Waals surface area contributed by atoms with Crippen LogP contribution in [0.15, 0.2) is 48.5 Å². The smallest absolute Gasteiger partial charge is 0.337 e. The Hall–Kier alpha value is -3.53. The lowest BCUT2D eigenvalue weighted by Gasteiger charge is -2.41. The van der Waals surface area contributed by atoms with E-state index in [1.54, 1.807) is 19.2 Å². The van der Waals surface area contributed by atoms with Crippen molar-refractivity contribution < 1.29 is 28.5 Å². The number of hydrogen-bond donors (Lipinski definition) is 2. The van der Waals surface area contributed by atoms with Gasteiger partial charge in [-0.15, -0.1) is 0 Å². The predicted octanol–water partition coefficient (Wildman–Crippen LogP) is 7.12. The van der Waals surface area contributed by atoms with Crippen molar-refractivity contribution in [2.45, 2.75) is 79.1 Å². The maximum absolute atomic E-state index is 13.3. The molecule has 250 valence electrons.